The Bertz CT molecular complexity index is 2820. The predicted octanol–water partition coefficient (Wildman–Crippen LogP) is 10.9. The van der Waals surface area contributed by atoms with Crippen LogP contribution < -0.4 is 30.9 Å². The molecule has 8 aromatic carbocycles. The topological polar surface area (TPSA) is 15.7 Å². The lowest BCUT2D eigenvalue weighted by Gasteiger charge is -2.51. The van der Waals surface area contributed by atoms with Crippen molar-refractivity contribution in [1.29, 1.82) is 0 Å². The first kappa shape index (κ1) is 31.6. The summed E-state index contributed by atoms with van der Waals surface area (Å²) >= 11 is 0. The van der Waals surface area contributed by atoms with Gasteiger partial charge >= 0.3 is 0 Å². The van der Waals surface area contributed by atoms with Crippen LogP contribution in [0.5, 0.6) is 11.5 Å². The van der Waals surface area contributed by atoms with Crippen molar-refractivity contribution in [1.82, 2.24) is 0 Å². The monoisotopic (exact) mass is 716 g/mol. The Balaban J connectivity index is 1.14. The smallest absolute Gasteiger partial charge is 0.251 e. The lowest BCUT2D eigenvalue weighted by atomic mass is 9.30. The van der Waals surface area contributed by atoms with E-state index in [1.807, 2.05) is 0 Å². The summed E-state index contributed by atoms with van der Waals surface area (Å²) in [5, 5.41) is 0. The number of benzene rings is 8. The van der Waals surface area contributed by atoms with Gasteiger partial charge in [0.15, 0.2) is 0 Å². The van der Waals surface area contributed by atoms with Gasteiger partial charge in [-0.1, -0.05) is 153 Å². The molecule has 8 aromatic rings. The lowest BCUT2D eigenvalue weighted by molar-refractivity contribution is 0.484. The highest BCUT2D eigenvalue weighted by Gasteiger charge is 2.52. The largest absolute Gasteiger partial charge is 0.458 e. The summed E-state index contributed by atoms with van der Waals surface area (Å²) in [6, 6.07) is 69.3. The van der Waals surface area contributed by atoms with E-state index in [1.165, 1.54) is 61.1 Å². The Hall–Kier alpha value is -6.78. The van der Waals surface area contributed by atoms with Crippen molar-refractivity contribution in [2.75, 3.05) is 9.80 Å². The van der Waals surface area contributed by atoms with Crippen molar-refractivity contribution < 1.29 is 4.74 Å². The quantitative estimate of drug-likeness (QED) is 0.166. The fourth-order valence-corrected chi connectivity index (χ4v) is 10.7. The highest BCUT2D eigenvalue weighted by molar-refractivity contribution is 6.98. The van der Waals surface area contributed by atoms with Crippen molar-refractivity contribution in [3.63, 3.8) is 0 Å². The van der Waals surface area contributed by atoms with Crippen LogP contribution in [0.25, 0.3) is 0 Å². The fourth-order valence-electron chi connectivity index (χ4n) is 10.7. The van der Waals surface area contributed by atoms with Crippen molar-refractivity contribution in [3.8, 4) is 11.5 Å². The van der Waals surface area contributed by atoms with Gasteiger partial charge in [0.25, 0.3) is 6.71 Å². The molecule has 264 valence electrons. The van der Waals surface area contributed by atoms with E-state index < -0.39 is 5.41 Å². The van der Waals surface area contributed by atoms with Gasteiger partial charge in [0.1, 0.15) is 11.5 Å². The molecule has 4 aliphatic heterocycles. The Morgan fingerprint density at radius 1 is 0.393 bits per heavy atom. The van der Waals surface area contributed by atoms with Gasteiger partial charge in [-0.05, 0) is 92.8 Å². The minimum atomic E-state index is -0.580. The molecule has 4 heterocycles. The maximum absolute atomic E-state index is 6.96. The van der Waals surface area contributed by atoms with Gasteiger partial charge in [-0.2, -0.15) is 0 Å². The second-order valence-corrected chi connectivity index (χ2v) is 16.0. The first-order valence-corrected chi connectivity index (χ1v) is 19.6. The van der Waals surface area contributed by atoms with Crippen LogP contribution in [0.15, 0.2) is 188 Å². The second kappa shape index (κ2) is 11.4. The molecule has 0 fully saturated rings. The molecular formula is C52H37BN2O. The van der Waals surface area contributed by atoms with Gasteiger partial charge in [0, 0.05) is 17.2 Å². The van der Waals surface area contributed by atoms with Gasteiger partial charge in [0.2, 0.25) is 0 Å². The molecule has 0 radical (unpaired) electrons. The standard InChI is InChI=1S/C52H37BN2O/c1-51(2)36-20-6-11-25-42(36)53-43-26-12-17-31-48(43)56-49-33-35(32-41(51)50(49)53)55-46-29-15-9-23-39(46)52(40-24-10-16-30-47(40)55)37-21-7-13-27-44(37)54(34-18-4-3-5-19-34)45-28-14-8-22-38(45)52/h3-33H,1-2H3. The van der Waals surface area contributed by atoms with E-state index in [9.17, 15) is 0 Å². The minimum Gasteiger partial charge on any atom is -0.458 e. The molecule has 4 heteroatoms. The van der Waals surface area contributed by atoms with Gasteiger partial charge in [-0.25, -0.2) is 0 Å². The van der Waals surface area contributed by atoms with Gasteiger partial charge < -0.3 is 14.5 Å². The average molecular weight is 717 g/mol. The van der Waals surface area contributed by atoms with Crippen LogP contribution in [0.4, 0.5) is 34.1 Å². The van der Waals surface area contributed by atoms with Crippen LogP contribution in [0, 0.1) is 0 Å². The van der Waals surface area contributed by atoms with Crippen LogP contribution in [0.1, 0.15) is 47.2 Å². The number of nitrogens with zero attached hydrogens (tertiary/aromatic N) is 2. The SMILES string of the molecule is CC1(C)c2ccccc2B2c3ccccc3Oc3cc(N4c5ccccc5C5(c6ccccc6N(c6ccccc6)c6ccccc65)c5ccccc54)cc1c32. The fraction of sp³-hybridized carbons (Fsp3) is 0.0769. The molecule has 1 spiro atoms. The van der Waals surface area contributed by atoms with Crippen LogP contribution in [0.2, 0.25) is 0 Å². The number of hydrogen-bond donors (Lipinski definition) is 0. The molecule has 0 saturated carbocycles. The van der Waals surface area contributed by atoms with Crippen molar-refractivity contribution in [3.05, 3.63) is 221 Å². The van der Waals surface area contributed by atoms with Gasteiger partial charge in [0.05, 0.1) is 33.9 Å². The number of rotatable bonds is 2. The van der Waals surface area contributed by atoms with Crippen LogP contribution >= 0.6 is 0 Å². The Kier molecular flexibility index (Phi) is 6.41. The van der Waals surface area contributed by atoms with Gasteiger partial charge in [-0.15, -0.1) is 0 Å². The number of anilines is 6. The lowest BCUT2D eigenvalue weighted by Crippen LogP contribution is -2.62. The minimum absolute atomic E-state index is 0.107. The maximum Gasteiger partial charge on any atom is 0.251 e. The average Bonchev–Trinajstić information content (AvgIpc) is 3.25. The summed E-state index contributed by atoms with van der Waals surface area (Å²) < 4.78 is 6.96. The van der Waals surface area contributed by atoms with Crippen LogP contribution in [-0.4, -0.2) is 6.71 Å². The van der Waals surface area contributed by atoms with E-state index in [2.05, 4.69) is 212 Å². The van der Waals surface area contributed by atoms with E-state index in [0.717, 1.165) is 34.2 Å². The van der Waals surface area contributed by atoms with Crippen LogP contribution in [-0.2, 0) is 10.8 Å². The molecule has 0 N–H and O–H groups in total. The second-order valence-electron chi connectivity index (χ2n) is 16.0. The van der Waals surface area contributed by atoms with E-state index in [-0.39, 0.29) is 12.1 Å². The van der Waals surface area contributed by atoms with Crippen molar-refractivity contribution >= 4 is 57.2 Å². The molecule has 0 unspecified atom stereocenters. The van der Waals surface area contributed by atoms with E-state index >= 15 is 0 Å². The Morgan fingerprint density at radius 2 is 0.839 bits per heavy atom. The van der Waals surface area contributed by atoms with Crippen LogP contribution in [0.3, 0.4) is 0 Å². The normalized spacial score (nSPS) is 15.6. The zero-order valence-corrected chi connectivity index (χ0v) is 31.3. The van der Waals surface area contributed by atoms with Crippen molar-refractivity contribution in [2.45, 2.75) is 24.7 Å². The molecular weight excluding hydrogens is 679 g/mol. The van der Waals surface area contributed by atoms with Gasteiger partial charge in [-0.3, -0.25) is 0 Å². The summed E-state index contributed by atoms with van der Waals surface area (Å²) in [6.45, 7) is 4.86. The molecule has 0 aromatic heterocycles. The highest BCUT2D eigenvalue weighted by Crippen LogP contribution is 2.64. The summed E-state index contributed by atoms with van der Waals surface area (Å²) in [5.41, 5.74) is 17.7. The van der Waals surface area contributed by atoms with E-state index in [0.29, 0.717) is 0 Å². The zero-order chi connectivity index (χ0) is 37.2. The third-order valence-corrected chi connectivity index (χ3v) is 13.0. The van der Waals surface area contributed by atoms with E-state index in [4.69, 9.17) is 4.74 Å². The molecule has 0 bridgehead atoms. The highest BCUT2D eigenvalue weighted by atomic mass is 16.5. The number of hydrogen-bond acceptors (Lipinski definition) is 3. The van der Waals surface area contributed by atoms with E-state index in [1.54, 1.807) is 0 Å². The zero-order valence-electron chi connectivity index (χ0n) is 31.3. The molecule has 0 amide bonds. The first-order valence-electron chi connectivity index (χ1n) is 19.6. The molecule has 0 aliphatic carbocycles. The molecule has 3 nitrogen and oxygen atoms in total. The third-order valence-electron chi connectivity index (χ3n) is 13.0. The molecule has 4 aliphatic rings. The number of ether oxygens (including phenoxy) is 1. The molecule has 56 heavy (non-hydrogen) atoms. The summed E-state index contributed by atoms with van der Waals surface area (Å²) in [5.74, 6) is 1.87. The Morgan fingerprint density at radius 3 is 1.41 bits per heavy atom. The maximum atomic E-state index is 6.96. The summed E-state index contributed by atoms with van der Waals surface area (Å²) in [4.78, 5) is 4.93. The number of fused-ring (bicyclic) bond motifs is 12. The Labute approximate surface area is 328 Å². The van der Waals surface area contributed by atoms with Crippen molar-refractivity contribution in [2.24, 2.45) is 0 Å². The molecule has 0 atom stereocenters. The summed E-state index contributed by atoms with van der Waals surface area (Å²) in [7, 11) is 0. The third kappa shape index (κ3) is 3.98. The number of para-hydroxylation sites is 6. The first-order chi connectivity index (χ1) is 27.6. The molecule has 12 rings (SSSR count). The summed E-state index contributed by atoms with van der Waals surface area (Å²) in [6.07, 6.45) is 0. The predicted molar refractivity (Wildman–Crippen MR) is 231 cm³/mol. The molecule has 0 saturated heterocycles.